The van der Waals surface area contributed by atoms with E-state index in [1.807, 2.05) is 24.3 Å². The SMILES string of the molecule is Oc1ccc(Br)cc1C=Nc1c(NC2CCCCCC2)oc2ccc(Br)cc12. The molecule has 1 heterocycles. The Morgan fingerprint density at radius 3 is 2.50 bits per heavy atom. The fourth-order valence-electron chi connectivity index (χ4n) is 3.65. The minimum Gasteiger partial charge on any atom is -0.507 e. The summed E-state index contributed by atoms with van der Waals surface area (Å²) in [4.78, 5) is 4.71. The van der Waals surface area contributed by atoms with Gasteiger partial charge in [0, 0.05) is 32.2 Å². The second-order valence-corrected chi connectivity index (χ2v) is 9.05. The summed E-state index contributed by atoms with van der Waals surface area (Å²) in [6, 6.07) is 11.6. The van der Waals surface area contributed by atoms with Gasteiger partial charge in [-0.15, -0.1) is 0 Å². The molecule has 1 fully saturated rings. The van der Waals surface area contributed by atoms with Gasteiger partial charge in [0.1, 0.15) is 17.0 Å². The lowest BCUT2D eigenvalue weighted by molar-refractivity contribution is 0.474. The summed E-state index contributed by atoms with van der Waals surface area (Å²) < 4.78 is 7.99. The van der Waals surface area contributed by atoms with E-state index in [1.54, 1.807) is 18.3 Å². The Hall–Kier alpha value is -1.79. The molecule has 146 valence electrons. The summed E-state index contributed by atoms with van der Waals surface area (Å²) in [5.41, 5.74) is 2.21. The number of hydrogen-bond acceptors (Lipinski definition) is 4. The highest BCUT2D eigenvalue weighted by atomic mass is 79.9. The van der Waals surface area contributed by atoms with Crippen molar-refractivity contribution < 1.29 is 9.52 Å². The van der Waals surface area contributed by atoms with Crippen LogP contribution in [0.5, 0.6) is 5.75 Å². The molecule has 3 aromatic rings. The number of nitrogens with one attached hydrogen (secondary N) is 1. The molecule has 1 aliphatic carbocycles. The van der Waals surface area contributed by atoms with Gasteiger partial charge in [-0.2, -0.15) is 0 Å². The molecule has 4 rings (SSSR count). The standard InChI is InChI=1S/C22H22Br2N2O2/c23-15-7-9-19(27)14(11-15)13-25-21-18-12-16(24)8-10-20(18)28-22(21)26-17-5-3-1-2-4-6-17/h7-13,17,26-27H,1-6H2. The number of phenolic OH excluding ortho intramolecular Hbond substituents is 1. The molecule has 1 saturated carbocycles. The number of hydrogen-bond donors (Lipinski definition) is 2. The Labute approximate surface area is 181 Å². The van der Waals surface area contributed by atoms with Gasteiger partial charge in [0.2, 0.25) is 5.88 Å². The largest absolute Gasteiger partial charge is 0.507 e. The summed E-state index contributed by atoms with van der Waals surface area (Å²) in [6.45, 7) is 0. The van der Waals surface area contributed by atoms with Gasteiger partial charge in [-0.3, -0.25) is 0 Å². The maximum Gasteiger partial charge on any atom is 0.220 e. The van der Waals surface area contributed by atoms with Crippen molar-refractivity contribution in [2.45, 2.75) is 44.6 Å². The van der Waals surface area contributed by atoms with Crippen LogP contribution in [-0.4, -0.2) is 17.4 Å². The molecule has 0 aliphatic heterocycles. The molecule has 0 radical (unpaired) electrons. The molecule has 0 unspecified atom stereocenters. The van der Waals surface area contributed by atoms with E-state index in [0.29, 0.717) is 17.5 Å². The number of anilines is 1. The molecule has 1 aliphatic rings. The first-order valence-corrected chi connectivity index (χ1v) is 11.2. The monoisotopic (exact) mass is 504 g/mol. The summed E-state index contributed by atoms with van der Waals surface area (Å²) in [6.07, 6.45) is 9.08. The van der Waals surface area contributed by atoms with Crippen LogP contribution in [0, 0.1) is 0 Å². The van der Waals surface area contributed by atoms with Crippen molar-refractivity contribution >= 4 is 60.6 Å². The van der Waals surface area contributed by atoms with E-state index in [9.17, 15) is 5.11 Å². The van der Waals surface area contributed by atoms with Gasteiger partial charge in [-0.05, 0) is 49.2 Å². The quantitative estimate of drug-likeness (QED) is 0.284. The zero-order chi connectivity index (χ0) is 19.5. The van der Waals surface area contributed by atoms with Gasteiger partial charge in [0.25, 0.3) is 0 Å². The second kappa shape index (κ2) is 8.70. The van der Waals surface area contributed by atoms with Crippen molar-refractivity contribution in [3.8, 4) is 5.75 Å². The van der Waals surface area contributed by atoms with E-state index < -0.39 is 0 Å². The number of furan rings is 1. The number of fused-ring (bicyclic) bond motifs is 1. The van der Waals surface area contributed by atoms with E-state index in [4.69, 9.17) is 9.41 Å². The third-order valence-corrected chi connectivity index (χ3v) is 6.12. The van der Waals surface area contributed by atoms with E-state index in [2.05, 4.69) is 37.2 Å². The molecule has 0 spiro atoms. The maximum absolute atomic E-state index is 10.1. The predicted molar refractivity (Wildman–Crippen MR) is 122 cm³/mol. The number of phenols is 1. The topological polar surface area (TPSA) is 57.8 Å². The Morgan fingerprint density at radius 1 is 1.00 bits per heavy atom. The van der Waals surface area contributed by atoms with Crippen molar-refractivity contribution in [1.82, 2.24) is 0 Å². The Balaban J connectivity index is 1.72. The Kier molecular flexibility index (Phi) is 6.07. The van der Waals surface area contributed by atoms with Crippen LogP contribution in [0.15, 0.2) is 54.8 Å². The molecule has 0 bridgehead atoms. The molecular formula is C22H22Br2N2O2. The van der Waals surface area contributed by atoms with Crippen LogP contribution in [0.25, 0.3) is 11.0 Å². The van der Waals surface area contributed by atoms with Crippen LogP contribution in [0.3, 0.4) is 0 Å². The normalized spacial score (nSPS) is 15.9. The van der Waals surface area contributed by atoms with Crippen LogP contribution in [0.4, 0.5) is 11.6 Å². The number of aromatic hydroxyl groups is 1. The predicted octanol–water partition coefficient (Wildman–Crippen LogP) is 7.55. The molecule has 2 N–H and O–H groups in total. The summed E-state index contributed by atoms with van der Waals surface area (Å²) >= 11 is 6.98. The smallest absolute Gasteiger partial charge is 0.220 e. The third kappa shape index (κ3) is 4.44. The molecule has 4 nitrogen and oxygen atoms in total. The van der Waals surface area contributed by atoms with Crippen LogP contribution < -0.4 is 5.32 Å². The number of aliphatic imine (C=N–C) groups is 1. The zero-order valence-corrected chi connectivity index (χ0v) is 18.6. The highest BCUT2D eigenvalue weighted by Gasteiger charge is 2.19. The van der Waals surface area contributed by atoms with E-state index in [1.165, 1.54) is 25.7 Å². The van der Waals surface area contributed by atoms with Crippen molar-refractivity contribution in [2.75, 3.05) is 5.32 Å². The minimum atomic E-state index is 0.194. The van der Waals surface area contributed by atoms with Crippen molar-refractivity contribution in [3.63, 3.8) is 0 Å². The average Bonchev–Trinajstić information content (AvgIpc) is 2.82. The summed E-state index contributed by atoms with van der Waals surface area (Å²) in [5, 5.41) is 14.7. The van der Waals surface area contributed by atoms with Gasteiger partial charge in [-0.25, -0.2) is 4.99 Å². The van der Waals surface area contributed by atoms with Crippen LogP contribution in [0.2, 0.25) is 0 Å². The van der Waals surface area contributed by atoms with Crippen molar-refractivity contribution in [3.05, 3.63) is 50.9 Å². The summed E-state index contributed by atoms with van der Waals surface area (Å²) in [5.74, 6) is 0.893. The highest BCUT2D eigenvalue weighted by molar-refractivity contribution is 9.10. The van der Waals surface area contributed by atoms with E-state index in [0.717, 1.165) is 38.4 Å². The maximum atomic E-state index is 10.1. The van der Waals surface area contributed by atoms with Crippen LogP contribution in [0.1, 0.15) is 44.1 Å². The fourth-order valence-corrected chi connectivity index (χ4v) is 4.39. The second-order valence-electron chi connectivity index (χ2n) is 7.21. The van der Waals surface area contributed by atoms with Gasteiger partial charge < -0.3 is 14.8 Å². The number of nitrogens with zero attached hydrogens (tertiary/aromatic N) is 1. The van der Waals surface area contributed by atoms with Crippen LogP contribution >= 0.6 is 31.9 Å². The molecule has 0 amide bonds. The molecule has 0 saturated heterocycles. The molecular weight excluding hydrogens is 484 g/mol. The lowest BCUT2D eigenvalue weighted by atomic mass is 10.1. The van der Waals surface area contributed by atoms with Crippen molar-refractivity contribution in [1.29, 1.82) is 0 Å². The van der Waals surface area contributed by atoms with Gasteiger partial charge in [0.05, 0.1) is 0 Å². The van der Waals surface area contributed by atoms with Gasteiger partial charge >= 0.3 is 0 Å². The highest BCUT2D eigenvalue weighted by Crippen LogP contribution is 2.40. The number of rotatable bonds is 4. The molecule has 6 heteroatoms. The first-order chi connectivity index (χ1) is 13.6. The fraction of sp³-hybridized carbons (Fsp3) is 0.318. The third-order valence-electron chi connectivity index (χ3n) is 5.14. The molecule has 0 atom stereocenters. The Bertz CT molecular complexity index is 1010. The van der Waals surface area contributed by atoms with E-state index >= 15 is 0 Å². The van der Waals surface area contributed by atoms with Gasteiger partial charge in [0.15, 0.2) is 0 Å². The first kappa shape index (κ1) is 19.5. The molecule has 2 aromatic carbocycles. The average molecular weight is 506 g/mol. The minimum absolute atomic E-state index is 0.194. The lowest BCUT2D eigenvalue weighted by Crippen LogP contribution is -2.17. The van der Waals surface area contributed by atoms with Gasteiger partial charge in [-0.1, -0.05) is 57.5 Å². The first-order valence-electron chi connectivity index (χ1n) is 9.61. The molecule has 1 aromatic heterocycles. The number of benzene rings is 2. The van der Waals surface area contributed by atoms with E-state index in [-0.39, 0.29) is 5.75 Å². The zero-order valence-electron chi connectivity index (χ0n) is 15.4. The van der Waals surface area contributed by atoms with Crippen LogP contribution in [-0.2, 0) is 0 Å². The lowest BCUT2D eigenvalue weighted by Gasteiger charge is -2.15. The summed E-state index contributed by atoms with van der Waals surface area (Å²) in [7, 11) is 0. The number of halogens is 2. The van der Waals surface area contributed by atoms with Crippen molar-refractivity contribution in [2.24, 2.45) is 4.99 Å². The molecule has 28 heavy (non-hydrogen) atoms. The Morgan fingerprint density at radius 2 is 1.71 bits per heavy atom.